The van der Waals surface area contributed by atoms with Crippen LogP contribution in [-0.2, 0) is 19.0 Å². The molecule has 108 valence electrons. The van der Waals surface area contributed by atoms with Crippen LogP contribution in [0.2, 0.25) is 0 Å². The van der Waals surface area contributed by atoms with Gasteiger partial charge in [-0.1, -0.05) is 39.0 Å². The minimum atomic E-state index is 0.162. The molecular formula is C16H22BrN3. The molecule has 4 heteroatoms. The molecule has 0 radical (unpaired) electrons. The Kier molecular flexibility index (Phi) is 4.07. The summed E-state index contributed by atoms with van der Waals surface area (Å²) in [5.74, 6) is 0. The average Bonchev–Trinajstić information content (AvgIpc) is 2.63. The van der Waals surface area contributed by atoms with E-state index in [1.54, 1.807) is 0 Å². The van der Waals surface area contributed by atoms with Gasteiger partial charge in [-0.2, -0.15) is 5.10 Å². The number of hydrogen-bond donors (Lipinski definition) is 1. The summed E-state index contributed by atoms with van der Waals surface area (Å²) in [6, 6.07) is 6.64. The van der Waals surface area contributed by atoms with Gasteiger partial charge in [0, 0.05) is 19.2 Å². The summed E-state index contributed by atoms with van der Waals surface area (Å²) in [6.45, 7) is 9.27. The Morgan fingerprint density at radius 2 is 1.95 bits per heavy atom. The Labute approximate surface area is 129 Å². The Morgan fingerprint density at radius 1 is 1.30 bits per heavy atom. The predicted octanol–water partition coefficient (Wildman–Crippen LogP) is 3.91. The second-order valence-corrected chi connectivity index (χ2v) is 7.01. The second-order valence-electron chi connectivity index (χ2n) is 6.22. The van der Waals surface area contributed by atoms with Crippen molar-refractivity contribution < 1.29 is 0 Å². The Balaban J connectivity index is 2.57. The SMILES string of the molecule is Cc1cc(C(C)(C)C)ccc1-c1c(Br)c(CN)nn1C. The molecule has 2 N–H and O–H groups in total. The molecule has 0 fully saturated rings. The van der Waals surface area contributed by atoms with E-state index in [9.17, 15) is 0 Å². The van der Waals surface area contributed by atoms with E-state index in [0.717, 1.165) is 15.9 Å². The zero-order valence-corrected chi connectivity index (χ0v) is 14.4. The van der Waals surface area contributed by atoms with Crippen LogP contribution in [0.3, 0.4) is 0 Å². The van der Waals surface area contributed by atoms with Crippen molar-refractivity contribution in [2.75, 3.05) is 0 Å². The van der Waals surface area contributed by atoms with Crippen molar-refractivity contribution in [2.24, 2.45) is 12.8 Å². The van der Waals surface area contributed by atoms with Crippen LogP contribution in [0, 0.1) is 6.92 Å². The topological polar surface area (TPSA) is 43.8 Å². The number of rotatable bonds is 2. The fraction of sp³-hybridized carbons (Fsp3) is 0.438. The molecule has 0 aliphatic heterocycles. The summed E-state index contributed by atoms with van der Waals surface area (Å²) in [5, 5.41) is 4.46. The molecule has 0 unspecified atom stereocenters. The van der Waals surface area contributed by atoms with E-state index in [1.807, 2.05) is 11.7 Å². The zero-order chi connectivity index (χ0) is 15.1. The molecule has 2 rings (SSSR count). The molecule has 0 aliphatic carbocycles. The van der Waals surface area contributed by atoms with Gasteiger partial charge in [-0.05, 0) is 39.4 Å². The number of hydrogen-bond acceptors (Lipinski definition) is 2. The molecule has 1 aromatic heterocycles. The number of nitrogens with zero attached hydrogens (tertiary/aromatic N) is 2. The largest absolute Gasteiger partial charge is 0.325 e. The third kappa shape index (κ3) is 2.67. The van der Waals surface area contributed by atoms with Crippen molar-refractivity contribution in [1.82, 2.24) is 9.78 Å². The first-order valence-electron chi connectivity index (χ1n) is 6.78. The van der Waals surface area contributed by atoms with E-state index in [2.05, 4.69) is 66.9 Å². The predicted molar refractivity (Wildman–Crippen MR) is 87.7 cm³/mol. The minimum absolute atomic E-state index is 0.162. The maximum atomic E-state index is 5.72. The van der Waals surface area contributed by atoms with E-state index in [4.69, 9.17) is 5.73 Å². The highest BCUT2D eigenvalue weighted by molar-refractivity contribution is 9.10. The Hall–Kier alpha value is -1.13. The molecule has 2 aromatic rings. The van der Waals surface area contributed by atoms with E-state index in [0.29, 0.717) is 6.54 Å². The lowest BCUT2D eigenvalue weighted by Crippen LogP contribution is -2.11. The van der Waals surface area contributed by atoms with Gasteiger partial charge in [0.25, 0.3) is 0 Å². The van der Waals surface area contributed by atoms with Crippen molar-refractivity contribution in [3.8, 4) is 11.3 Å². The normalized spacial score (nSPS) is 11.9. The molecule has 0 saturated heterocycles. The summed E-state index contributed by atoms with van der Waals surface area (Å²) < 4.78 is 2.89. The van der Waals surface area contributed by atoms with E-state index < -0.39 is 0 Å². The highest BCUT2D eigenvalue weighted by Crippen LogP contribution is 2.34. The monoisotopic (exact) mass is 335 g/mol. The standard InChI is InChI=1S/C16H22BrN3/c1-10-8-11(16(2,3)4)6-7-12(10)15-14(17)13(9-18)19-20(15)5/h6-8H,9,18H2,1-5H3. The van der Waals surface area contributed by atoms with Gasteiger partial charge in [0.15, 0.2) is 0 Å². The van der Waals surface area contributed by atoms with Gasteiger partial charge in [0.2, 0.25) is 0 Å². The lowest BCUT2D eigenvalue weighted by molar-refractivity contribution is 0.590. The highest BCUT2D eigenvalue weighted by atomic mass is 79.9. The Morgan fingerprint density at radius 3 is 2.40 bits per heavy atom. The molecular weight excluding hydrogens is 314 g/mol. The lowest BCUT2D eigenvalue weighted by atomic mass is 9.85. The molecule has 0 atom stereocenters. The van der Waals surface area contributed by atoms with Gasteiger partial charge in [-0.25, -0.2) is 0 Å². The van der Waals surface area contributed by atoms with E-state index in [-0.39, 0.29) is 5.41 Å². The van der Waals surface area contributed by atoms with Crippen LogP contribution in [0.4, 0.5) is 0 Å². The maximum absolute atomic E-state index is 5.72. The molecule has 3 nitrogen and oxygen atoms in total. The molecule has 0 saturated carbocycles. The fourth-order valence-corrected chi connectivity index (χ4v) is 3.08. The van der Waals surface area contributed by atoms with Crippen molar-refractivity contribution in [1.29, 1.82) is 0 Å². The molecule has 1 heterocycles. The van der Waals surface area contributed by atoms with Crippen LogP contribution < -0.4 is 5.73 Å². The first kappa shape index (κ1) is 15.3. The van der Waals surface area contributed by atoms with E-state index >= 15 is 0 Å². The van der Waals surface area contributed by atoms with Crippen LogP contribution in [0.1, 0.15) is 37.6 Å². The van der Waals surface area contributed by atoms with Gasteiger partial charge >= 0.3 is 0 Å². The molecule has 0 spiro atoms. The van der Waals surface area contributed by atoms with Gasteiger partial charge in [-0.3, -0.25) is 4.68 Å². The molecule has 0 amide bonds. The lowest BCUT2D eigenvalue weighted by Gasteiger charge is -2.20. The Bertz CT molecular complexity index is 636. The van der Waals surface area contributed by atoms with Crippen molar-refractivity contribution >= 4 is 15.9 Å². The van der Waals surface area contributed by atoms with Gasteiger partial charge < -0.3 is 5.73 Å². The van der Waals surface area contributed by atoms with Crippen LogP contribution in [0.15, 0.2) is 22.7 Å². The summed E-state index contributed by atoms with van der Waals surface area (Å²) in [7, 11) is 1.95. The average molecular weight is 336 g/mol. The highest BCUT2D eigenvalue weighted by Gasteiger charge is 2.19. The summed E-state index contributed by atoms with van der Waals surface area (Å²) >= 11 is 3.63. The fourth-order valence-electron chi connectivity index (χ4n) is 2.37. The summed E-state index contributed by atoms with van der Waals surface area (Å²) in [5.41, 5.74) is 11.7. The third-order valence-corrected chi connectivity index (χ3v) is 4.43. The van der Waals surface area contributed by atoms with Crippen molar-refractivity contribution in [3.63, 3.8) is 0 Å². The van der Waals surface area contributed by atoms with Crippen molar-refractivity contribution in [2.45, 2.75) is 39.7 Å². The third-order valence-electron chi connectivity index (χ3n) is 3.60. The molecule has 0 bridgehead atoms. The number of benzene rings is 1. The first-order valence-corrected chi connectivity index (χ1v) is 7.58. The first-order chi connectivity index (χ1) is 9.25. The molecule has 0 aliphatic rings. The summed E-state index contributed by atoms with van der Waals surface area (Å²) in [4.78, 5) is 0. The number of aryl methyl sites for hydroxylation is 2. The van der Waals surface area contributed by atoms with Crippen LogP contribution in [0.5, 0.6) is 0 Å². The maximum Gasteiger partial charge on any atom is 0.0908 e. The van der Waals surface area contributed by atoms with Gasteiger partial charge in [0.05, 0.1) is 15.9 Å². The van der Waals surface area contributed by atoms with Gasteiger partial charge in [-0.15, -0.1) is 0 Å². The zero-order valence-electron chi connectivity index (χ0n) is 12.8. The number of nitrogens with two attached hydrogens (primary N) is 1. The quantitative estimate of drug-likeness (QED) is 0.903. The molecule has 20 heavy (non-hydrogen) atoms. The van der Waals surface area contributed by atoms with Gasteiger partial charge in [0.1, 0.15) is 0 Å². The van der Waals surface area contributed by atoms with E-state index in [1.165, 1.54) is 16.7 Å². The molecule has 1 aromatic carbocycles. The van der Waals surface area contributed by atoms with Crippen molar-refractivity contribution in [3.05, 3.63) is 39.5 Å². The minimum Gasteiger partial charge on any atom is -0.325 e. The van der Waals surface area contributed by atoms with Crippen LogP contribution >= 0.6 is 15.9 Å². The van der Waals surface area contributed by atoms with Crippen LogP contribution in [-0.4, -0.2) is 9.78 Å². The number of halogens is 1. The van der Waals surface area contributed by atoms with Crippen LogP contribution in [0.25, 0.3) is 11.3 Å². The smallest absolute Gasteiger partial charge is 0.0908 e. The number of aromatic nitrogens is 2. The summed E-state index contributed by atoms with van der Waals surface area (Å²) in [6.07, 6.45) is 0. The second kappa shape index (κ2) is 5.34.